The van der Waals surface area contributed by atoms with Crippen LogP contribution in [0.3, 0.4) is 0 Å². The lowest BCUT2D eigenvalue weighted by Gasteiger charge is -2.22. The Bertz CT molecular complexity index is 1080. The molecule has 1 heterocycles. The van der Waals surface area contributed by atoms with Crippen molar-refractivity contribution in [3.63, 3.8) is 0 Å². The molecule has 0 aliphatic heterocycles. The highest BCUT2D eigenvalue weighted by atomic mass is 32.2. The lowest BCUT2D eigenvalue weighted by molar-refractivity contribution is 0.0532. The summed E-state index contributed by atoms with van der Waals surface area (Å²) in [5, 5.41) is 0.286. The Balaban J connectivity index is 1.87. The Kier molecular flexibility index (Phi) is 8.13. The molecule has 1 aromatic heterocycles. The summed E-state index contributed by atoms with van der Waals surface area (Å²) < 4.78 is 5.18. The number of carbonyl (C=O) groups excluding carboxylic acids is 1. The Morgan fingerprint density at radius 2 is 1.61 bits per heavy atom. The van der Waals surface area contributed by atoms with E-state index in [1.165, 1.54) is 37.6 Å². The van der Waals surface area contributed by atoms with Crippen molar-refractivity contribution in [1.29, 1.82) is 0 Å². The van der Waals surface area contributed by atoms with Crippen LogP contribution in [0.1, 0.15) is 78.0 Å². The molecule has 2 aromatic carbocycles. The minimum absolute atomic E-state index is 0.157. The number of esters is 1. The van der Waals surface area contributed by atoms with Gasteiger partial charge in [-0.3, -0.25) is 0 Å². The fourth-order valence-electron chi connectivity index (χ4n) is 4.07. The van der Waals surface area contributed by atoms with Crippen molar-refractivity contribution < 1.29 is 9.53 Å². The fraction of sp³-hybridized carbons (Fsp3) is 0.414. The topological polar surface area (TPSA) is 26.3 Å². The van der Waals surface area contributed by atoms with E-state index in [1.807, 2.05) is 24.8 Å². The van der Waals surface area contributed by atoms with Crippen molar-refractivity contribution in [2.45, 2.75) is 71.0 Å². The number of rotatable bonds is 7. The van der Waals surface area contributed by atoms with E-state index in [9.17, 15) is 4.79 Å². The number of thiophene rings is 1. The highest BCUT2D eigenvalue weighted by molar-refractivity contribution is 7.99. The van der Waals surface area contributed by atoms with Crippen molar-refractivity contribution in [2.24, 2.45) is 5.92 Å². The standard InChI is InChI=1S/C29H36O2S2/c1-9-31-28(30)25-15-14-24(33-25)27(18(2)3)32-23-16-19(4)26(20(5)17-23)21-10-12-22(13-11-21)29(6,7)8/h10-18,27H,9H2,1-8H3. The van der Waals surface area contributed by atoms with Crippen LogP contribution in [0.5, 0.6) is 0 Å². The molecule has 3 rings (SSSR count). The van der Waals surface area contributed by atoms with Crippen LogP contribution in [-0.2, 0) is 10.2 Å². The molecule has 0 amide bonds. The fourth-order valence-corrected chi connectivity index (χ4v) is 6.67. The first-order valence-corrected chi connectivity index (χ1v) is 13.4. The zero-order valence-corrected chi connectivity index (χ0v) is 22.7. The van der Waals surface area contributed by atoms with Crippen molar-refractivity contribution in [3.8, 4) is 11.1 Å². The minimum atomic E-state index is -0.227. The molecule has 0 saturated carbocycles. The molecule has 2 nitrogen and oxygen atoms in total. The number of thioether (sulfide) groups is 1. The van der Waals surface area contributed by atoms with E-state index in [0.29, 0.717) is 17.4 Å². The van der Waals surface area contributed by atoms with E-state index in [1.54, 1.807) is 11.3 Å². The molecular weight excluding hydrogens is 444 g/mol. The number of hydrogen-bond donors (Lipinski definition) is 0. The number of aryl methyl sites for hydroxylation is 2. The van der Waals surface area contributed by atoms with Gasteiger partial charge in [0.05, 0.1) is 6.61 Å². The van der Waals surface area contributed by atoms with Crippen LogP contribution < -0.4 is 0 Å². The Labute approximate surface area is 207 Å². The van der Waals surface area contributed by atoms with Crippen molar-refractivity contribution in [3.05, 3.63) is 75.0 Å². The van der Waals surface area contributed by atoms with E-state index in [0.717, 1.165) is 0 Å². The van der Waals surface area contributed by atoms with Gasteiger partial charge in [-0.05, 0) is 84.2 Å². The van der Waals surface area contributed by atoms with Crippen LogP contribution in [0.4, 0.5) is 0 Å². The summed E-state index contributed by atoms with van der Waals surface area (Å²) >= 11 is 3.44. The molecule has 0 fully saturated rings. The van der Waals surface area contributed by atoms with Crippen LogP contribution in [-0.4, -0.2) is 12.6 Å². The van der Waals surface area contributed by atoms with E-state index in [-0.39, 0.29) is 16.6 Å². The summed E-state index contributed by atoms with van der Waals surface area (Å²) in [5.74, 6) is 0.212. The highest BCUT2D eigenvalue weighted by Gasteiger charge is 2.22. The average molecular weight is 481 g/mol. The number of benzene rings is 2. The lowest BCUT2D eigenvalue weighted by atomic mass is 9.85. The van der Waals surface area contributed by atoms with Gasteiger partial charge in [-0.15, -0.1) is 23.1 Å². The first-order chi connectivity index (χ1) is 15.5. The molecular formula is C29H36O2S2. The molecule has 0 spiro atoms. The Hall–Kier alpha value is -2.04. The minimum Gasteiger partial charge on any atom is -0.462 e. The molecule has 0 aliphatic carbocycles. The Morgan fingerprint density at radius 1 is 1.00 bits per heavy atom. The summed E-state index contributed by atoms with van der Waals surface area (Å²) in [6, 6.07) is 17.6. The summed E-state index contributed by atoms with van der Waals surface area (Å²) in [7, 11) is 0. The molecule has 4 heteroatoms. The molecule has 0 saturated heterocycles. The largest absolute Gasteiger partial charge is 0.462 e. The first kappa shape index (κ1) is 25.6. The maximum absolute atomic E-state index is 12.1. The second kappa shape index (κ2) is 10.5. The lowest BCUT2D eigenvalue weighted by Crippen LogP contribution is -2.10. The van der Waals surface area contributed by atoms with E-state index in [2.05, 4.69) is 90.9 Å². The van der Waals surface area contributed by atoms with E-state index >= 15 is 0 Å². The van der Waals surface area contributed by atoms with Gasteiger partial charge in [0.2, 0.25) is 0 Å². The average Bonchev–Trinajstić information content (AvgIpc) is 3.21. The number of carbonyl (C=O) groups is 1. The van der Waals surface area contributed by atoms with Gasteiger partial charge in [-0.2, -0.15) is 0 Å². The maximum Gasteiger partial charge on any atom is 0.348 e. The molecule has 3 aromatic rings. The molecule has 33 heavy (non-hydrogen) atoms. The molecule has 1 atom stereocenters. The monoisotopic (exact) mass is 480 g/mol. The van der Waals surface area contributed by atoms with Crippen LogP contribution in [0.25, 0.3) is 11.1 Å². The highest BCUT2D eigenvalue weighted by Crippen LogP contribution is 2.45. The number of hydrogen-bond acceptors (Lipinski definition) is 4. The predicted octanol–water partition coefficient (Wildman–Crippen LogP) is 9.00. The third kappa shape index (κ3) is 6.10. The third-order valence-electron chi connectivity index (χ3n) is 5.80. The third-order valence-corrected chi connectivity index (χ3v) is 8.66. The molecule has 176 valence electrons. The molecule has 0 aliphatic rings. The van der Waals surface area contributed by atoms with Crippen molar-refractivity contribution in [1.82, 2.24) is 0 Å². The SMILES string of the molecule is CCOC(=O)c1ccc(C(Sc2cc(C)c(-c3ccc(C(C)(C)C)cc3)c(C)c2)C(C)C)s1. The summed E-state index contributed by atoms with van der Waals surface area (Å²) in [4.78, 5) is 15.3. The van der Waals surface area contributed by atoms with Gasteiger partial charge < -0.3 is 4.74 Å². The van der Waals surface area contributed by atoms with Crippen LogP contribution in [0.15, 0.2) is 53.4 Å². The van der Waals surface area contributed by atoms with Gasteiger partial charge in [0.25, 0.3) is 0 Å². The molecule has 0 N–H and O–H groups in total. The van der Waals surface area contributed by atoms with E-state index in [4.69, 9.17) is 4.74 Å². The second-order valence-corrected chi connectivity index (χ2v) is 12.3. The zero-order valence-electron chi connectivity index (χ0n) is 21.1. The smallest absolute Gasteiger partial charge is 0.348 e. The Morgan fingerprint density at radius 3 is 2.12 bits per heavy atom. The van der Waals surface area contributed by atoms with Gasteiger partial charge in [0.1, 0.15) is 4.88 Å². The normalized spacial score (nSPS) is 12.8. The second-order valence-electron chi connectivity index (χ2n) is 9.96. The van der Waals surface area contributed by atoms with E-state index < -0.39 is 0 Å². The number of ether oxygens (including phenoxy) is 1. The summed E-state index contributed by atoms with van der Waals surface area (Å²) in [5.41, 5.74) is 6.69. The predicted molar refractivity (Wildman–Crippen MR) is 144 cm³/mol. The van der Waals surface area contributed by atoms with Gasteiger partial charge in [0.15, 0.2) is 0 Å². The molecule has 0 radical (unpaired) electrons. The van der Waals surface area contributed by atoms with Crippen LogP contribution in [0.2, 0.25) is 0 Å². The van der Waals surface area contributed by atoms with Crippen molar-refractivity contribution >= 4 is 29.1 Å². The quantitative estimate of drug-likeness (QED) is 0.249. The maximum atomic E-state index is 12.1. The van der Waals surface area contributed by atoms with Gasteiger partial charge in [0, 0.05) is 15.0 Å². The first-order valence-electron chi connectivity index (χ1n) is 11.7. The van der Waals surface area contributed by atoms with Crippen LogP contribution in [0, 0.1) is 19.8 Å². The zero-order chi connectivity index (χ0) is 24.3. The summed E-state index contributed by atoms with van der Waals surface area (Å²) in [6.45, 7) is 17.9. The van der Waals surface area contributed by atoms with Crippen LogP contribution >= 0.6 is 23.1 Å². The van der Waals surface area contributed by atoms with Gasteiger partial charge >= 0.3 is 5.97 Å². The van der Waals surface area contributed by atoms with Gasteiger partial charge in [-0.25, -0.2) is 4.79 Å². The van der Waals surface area contributed by atoms with Crippen molar-refractivity contribution in [2.75, 3.05) is 6.61 Å². The molecule has 1 unspecified atom stereocenters. The molecule has 0 bridgehead atoms. The van der Waals surface area contributed by atoms with Gasteiger partial charge in [-0.1, -0.05) is 58.9 Å². The summed E-state index contributed by atoms with van der Waals surface area (Å²) in [6.07, 6.45) is 0.